The average Bonchev–Trinajstić information content (AvgIpc) is 2.92. The molecule has 0 saturated carbocycles. The summed E-state index contributed by atoms with van der Waals surface area (Å²) in [5.74, 6) is 1.51. The zero-order chi connectivity index (χ0) is 23.3. The van der Waals surface area contributed by atoms with Crippen molar-refractivity contribution >= 4 is 22.6 Å². The maximum Gasteiger partial charge on any atom is 0.254 e. The van der Waals surface area contributed by atoms with Gasteiger partial charge in [-0.05, 0) is 60.6 Å². The average molecular weight is 457 g/mol. The van der Waals surface area contributed by atoms with Gasteiger partial charge >= 0.3 is 0 Å². The summed E-state index contributed by atoms with van der Waals surface area (Å²) in [6.07, 6.45) is 3.65. The van der Waals surface area contributed by atoms with E-state index in [4.69, 9.17) is 4.74 Å². The van der Waals surface area contributed by atoms with Crippen molar-refractivity contribution in [3.05, 3.63) is 78.4 Å². The first-order valence-corrected chi connectivity index (χ1v) is 12.4. The van der Waals surface area contributed by atoms with E-state index in [9.17, 15) is 9.59 Å². The number of piperidine rings is 2. The van der Waals surface area contributed by atoms with Crippen LogP contribution in [-0.4, -0.2) is 54.4 Å². The summed E-state index contributed by atoms with van der Waals surface area (Å²) in [5.41, 5.74) is 0.727. The lowest BCUT2D eigenvalue weighted by Gasteiger charge is -2.38. The Morgan fingerprint density at radius 2 is 1.53 bits per heavy atom. The van der Waals surface area contributed by atoms with Gasteiger partial charge in [-0.15, -0.1) is 0 Å². The van der Waals surface area contributed by atoms with Crippen LogP contribution in [0.4, 0.5) is 0 Å². The Hall–Kier alpha value is -3.34. The first-order chi connectivity index (χ1) is 16.7. The van der Waals surface area contributed by atoms with Crippen LogP contribution in [0.1, 0.15) is 36.0 Å². The van der Waals surface area contributed by atoms with Crippen molar-refractivity contribution in [2.24, 2.45) is 11.8 Å². The van der Waals surface area contributed by atoms with E-state index in [2.05, 4.69) is 0 Å². The molecule has 3 aromatic rings. The number of carbonyl (C=O) groups excluding carboxylic acids is 2. The van der Waals surface area contributed by atoms with Crippen LogP contribution < -0.4 is 4.74 Å². The number of carbonyl (C=O) groups is 2. The summed E-state index contributed by atoms with van der Waals surface area (Å²) in [7, 11) is 0. The zero-order valence-electron chi connectivity index (χ0n) is 19.6. The van der Waals surface area contributed by atoms with Crippen molar-refractivity contribution in [1.29, 1.82) is 0 Å². The lowest BCUT2D eigenvalue weighted by Crippen LogP contribution is -2.49. The standard InChI is InChI=1S/C29H32N2O3/c32-28(30-18-15-22(16-19-30)21-34-25-11-2-1-3-12-25)24-10-7-17-31(20-24)29(33)27-14-6-9-23-8-4-5-13-26(23)27/h1-6,8-9,11-14,22,24H,7,10,15-21H2. The molecule has 3 aromatic carbocycles. The Morgan fingerprint density at radius 1 is 0.794 bits per heavy atom. The first kappa shape index (κ1) is 22.5. The molecule has 5 nitrogen and oxygen atoms in total. The highest BCUT2D eigenvalue weighted by molar-refractivity contribution is 6.07. The Bertz CT molecular complexity index is 1130. The molecule has 0 bridgehead atoms. The van der Waals surface area contributed by atoms with Gasteiger partial charge in [-0.25, -0.2) is 0 Å². The molecule has 1 unspecified atom stereocenters. The maximum absolute atomic E-state index is 13.4. The van der Waals surface area contributed by atoms with Gasteiger partial charge in [-0.1, -0.05) is 54.6 Å². The molecule has 0 aliphatic carbocycles. The lowest BCUT2D eigenvalue weighted by atomic mass is 9.92. The highest BCUT2D eigenvalue weighted by Gasteiger charge is 2.33. The predicted octanol–water partition coefficient (Wildman–Crippen LogP) is 5.01. The molecule has 0 radical (unpaired) electrons. The second-order valence-corrected chi connectivity index (χ2v) is 9.51. The number of hydrogen-bond donors (Lipinski definition) is 0. The van der Waals surface area contributed by atoms with Gasteiger partial charge < -0.3 is 14.5 Å². The van der Waals surface area contributed by atoms with E-state index in [0.29, 0.717) is 25.6 Å². The van der Waals surface area contributed by atoms with Crippen molar-refractivity contribution in [1.82, 2.24) is 9.80 Å². The molecule has 2 saturated heterocycles. The maximum atomic E-state index is 13.4. The van der Waals surface area contributed by atoms with Gasteiger partial charge in [0.1, 0.15) is 5.75 Å². The fraction of sp³-hybridized carbons (Fsp3) is 0.379. The highest BCUT2D eigenvalue weighted by Crippen LogP contribution is 2.26. The van der Waals surface area contributed by atoms with Crippen LogP contribution in [0.3, 0.4) is 0 Å². The van der Waals surface area contributed by atoms with Crippen LogP contribution in [0.5, 0.6) is 5.75 Å². The van der Waals surface area contributed by atoms with E-state index < -0.39 is 0 Å². The molecule has 2 fully saturated rings. The van der Waals surface area contributed by atoms with E-state index in [1.54, 1.807) is 0 Å². The molecule has 2 amide bonds. The second-order valence-electron chi connectivity index (χ2n) is 9.51. The monoisotopic (exact) mass is 456 g/mol. The van der Waals surface area contributed by atoms with Crippen LogP contribution in [-0.2, 0) is 4.79 Å². The summed E-state index contributed by atoms with van der Waals surface area (Å²) in [6, 6.07) is 23.8. The highest BCUT2D eigenvalue weighted by atomic mass is 16.5. The predicted molar refractivity (Wildman–Crippen MR) is 134 cm³/mol. The Morgan fingerprint density at radius 3 is 2.35 bits per heavy atom. The summed E-state index contributed by atoms with van der Waals surface area (Å²) in [5, 5.41) is 2.04. The number of ether oxygens (including phenoxy) is 1. The lowest BCUT2D eigenvalue weighted by molar-refractivity contribution is -0.138. The van der Waals surface area contributed by atoms with Crippen molar-refractivity contribution in [3.8, 4) is 5.75 Å². The molecule has 2 aliphatic rings. The number of rotatable bonds is 5. The minimum absolute atomic E-state index is 0.0334. The minimum Gasteiger partial charge on any atom is -0.493 e. The molecule has 5 heteroatoms. The molecule has 176 valence electrons. The Kier molecular flexibility index (Phi) is 6.79. The van der Waals surface area contributed by atoms with Crippen LogP contribution in [0.25, 0.3) is 10.8 Å². The minimum atomic E-state index is -0.107. The van der Waals surface area contributed by atoms with Gasteiger partial charge in [0.05, 0.1) is 12.5 Å². The summed E-state index contributed by atoms with van der Waals surface area (Å²) in [6.45, 7) is 3.47. The third-order valence-electron chi connectivity index (χ3n) is 7.23. The van der Waals surface area contributed by atoms with Gasteiger partial charge in [0.15, 0.2) is 0 Å². The Balaban J connectivity index is 1.16. The van der Waals surface area contributed by atoms with Crippen LogP contribution in [0.2, 0.25) is 0 Å². The quantitative estimate of drug-likeness (QED) is 0.542. The smallest absolute Gasteiger partial charge is 0.254 e. The largest absolute Gasteiger partial charge is 0.493 e. The number of nitrogens with zero attached hydrogens (tertiary/aromatic N) is 2. The molecule has 0 spiro atoms. The number of likely N-dealkylation sites (tertiary alicyclic amines) is 2. The number of hydrogen-bond acceptors (Lipinski definition) is 3. The number of amides is 2. The topological polar surface area (TPSA) is 49.9 Å². The summed E-state index contributed by atoms with van der Waals surface area (Å²) < 4.78 is 5.92. The van der Waals surface area contributed by atoms with Crippen LogP contribution in [0, 0.1) is 11.8 Å². The molecular weight excluding hydrogens is 424 g/mol. The molecule has 34 heavy (non-hydrogen) atoms. The molecule has 5 rings (SSSR count). The fourth-order valence-electron chi connectivity index (χ4n) is 5.25. The number of para-hydroxylation sites is 1. The second kappa shape index (κ2) is 10.3. The van der Waals surface area contributed by atoms with Gasteiger partial charge in [0.25, 0.3) is 5.91 Å². The molecule has 2 aliphatic heterocycles. The summed E-state index contributed by atoms with van der Waals surface area (Å²) in [4.78, 5) is 30.6. The normalized spacial score (nSPS) is 19.2. The zero-order valence-corrected chi connectivity index (χ0v) is 19.6. The molecule has 0 aromatic heterocycles. The van der Waals surface area contributed by atoms with Crippen molar-refractivity contribution in [3.63, 3.8) is 0 Å². The SMILES string of the molecule is O=C(c1cccc2ccccc12)N1CCCC(C(=O)N2CCC(COc3ccccc3)CC2)C1. The van der Waals surface area contributed by atoms with Crippen molar-refractivity contribution < 1.29 is 14.3 Å². The molecular formula is C29H32N2O3. The summed E-state index contributed by atoms with van der Waals surface area (Å²) >= 11 is 0. The third kappa shape index (κ3) is 4.93. The number of fused-ring (bicyclic) bond motifs is 1. The molecule has 0 N–H and O–H groups in total. The van der Waals surface area contributed by atoms with Gasteiger partial charge in [0.2, 0.25) is 5.91 Å². The van der Waals surface area contributed by atoms with Gasteiger partial charge in [-0.2, -0.15) is 0 Å². The number of benzene rings is 3. The van der Waals surface area contributed by atoms with E-state index in [1.165, 1.54) is 0 Å². The van der Waals surface area contributed by atoms with E-state index >= 15 is 0 Å². The third-order valence-corrected chi connectivity index (χ3v) is 7.23. The first-order valence-electron chi connectivity index (χ1n) is 12.4. The van der Waals surface area contributed by atoms with E-state index in [1.807, 2.05) is 82.6 Å². The van der Waals surface area contributed by atoms with E-state index in [-0.39, 0.29) is 17.7 Å². The van der Waals surface area contributed by atoms with Crippen LogP contribution in [0.15, 0.2) is 72.8 Å². The van der Waals surface area contributed by atoms with Gasteiger partial charge in [0, 0.05) is 31.7 Å². The Labute approximate surface area is 201 Å². The molecule has 1 atom stereocenters. The fourth-order valence-corrected chi connectivity index (χ4v) is 5.25. The molecule has 2 heterocycles. The van der Waals surface area contributed by atoms with Gasteiger partial charge in [-0.3, -0.25) is 9.59 Å². The van der Waals surface area contributed by atoms with Crippen molar-refractivity contribution in [2.75, 3.05) is 32.8 Å². The van der Waals surface area contributed by atoms with Crippen molar-refractivity contribution in [2.45, 2.75) is 25.7 Å². The van der Waals surface area contributed by atoms with Crippen LogP contribution >= 0.6 is 0 Å². The van der Waals surface area contributed by atoms with E-state index in [0.717, 1.165) is 60.9 Å².